The number of rotatable bonds is 1. The molecule has 84 valence electrons. The maximum atomic E-state index is 5.86. The summed E-state index contributed by atoms with van der Waals surface area (Å²) in [7, 11) is 0. The third kappa shape index (κ3) is 1.83. The van der Waals surface area contributed by atoms with Gasteiger partial charge in [0.05, 0.1) is 6.61 Å². The van der Waals surface area contributed by atoms with E-state index in [2.05, 4.69) is 31.3 Å². The van der Waals surface area contributed by atoms with Gasteiger partial charge in [-0.3, -0.25) is 0 Å². The molecule has 0 aliphatic carbocycles. The van der Waals surface area contributed by atoms with Crippen LogP contribution in [0.3, 0.4) is 0 Å². The van der Waals surface area contributed by atoms with Crippen molar-refractivity contribution in [1.82, 2.24) is 5.32 Å². The summed E-state index contributed by atoms with van der Waals surface area (Å²) in [5, 5.41) is 3.43. The summed E-state index contributed by atoms with van der Waals surface area (Å²) in [6, 6.07) is 0. The van der Waals surface area contributed by atoms with E-state index in [1.807, 2.05) is 0 Å². The van der Waals surface area contributed by atoms with Crippen molar-refractivity contribution in [3.05, 3.63) is 23.5 Å². The van der Waals surface area contributed by atoms with Crippen molar-refractivity contribution in [2.45, 2.75) is 33.1 Å². The second-order valence-electron chi connectivity index (χ2n) is 4.50. The van der Waals surface area contributed by atoms with Gasteiger partial charge in [0.25, 0.3) is 0 Å². The molecule has 2 heteroatoms. The zero-order valence-electron chi connectivity index (χ0n) is 9.81. The highest BCUT2D eigenvalue weighted by Gasteiger charge is 2.42. The average Bonchev–Trinajstić information content (AvgIpc) is 2.58. The third-order valence-electron chi connectivity index (χ3n) is 3.58. The Balaban J connectivity index is 2.24. The summed E-state index contributed by atoms with van der Waals surface area (Å²) in [6.45, 7) is 7.44. The lowest BCUT2D eigenvalue weighted by Gasteiger charge is -2.32. The lowest BCUT2D eigenvalue weighted by molar-refractivity contribution is 0.156. The van der Waals surface area contributed by atoms with Gasteiger partial charge >= 0.3 is 0 Å². The van der Waals surface area contributed by atoms with Crippen molar-refractivity contribution in [2.24, 2.45) is 5.41 Å². The minimum Gasteiger partial charge on any atom is -0.493 e. The van der Waals surface area contributed by atoms with E-state index in [0.29, 0.717) is 5.41 Å². The van der Waals surface area contributed by atoms with Crippen LogP contribution in [-0.2, 0) is 4.74 Å². The van der Waals surface area contributed by atoms with Crippen LogP contribution >= 0.6 is 0 Å². The molecule has 0 unspecified atom stereocenters. The molecule has 2 rings (SSSR count). The predicted molar refractivity (Wildman–Crippen MR) is 62.6 cm³/mol. The second kappa shape index (κ2) is 4.40. The first kappa shape index (κ1) is 10.7. The van der Waals surface area contributed by atoms with Gasteiger partial charge in [0.15, 0.2) is 0 Å². The highest BCUT2D eigenvalue weighted by atomic mass is 16.5. The molecule has 2 heterocycles. The molecule has 15 heavy (non-hydrogen) atoms. The Morgan fingerprint density at radius 2 is 2.13 bits per heavy atom. The van der Waals surface area contributed by atoms with Crippen LogP contribution in [0, 0.1) is 5.41 Å². The van der Waals surface area contributed by atoms with Crippen molar-refractivity contribution in [3.63, 3.8) is 0 Å². The van der Waals surface area contributed by atoms with Crippen LogP contribution in [-0.4, -0.2) is 19.7 Å². The molecule has 2 aliphatic rings. The fourth-order valence-corrected chi connectivity index (χ4v) is 2.75. The molecule has 2 nitrogen and oxygen atoms in total. The smallest absolute Gasteiger partial charge is 0.118 e. The Morgan fingerprint density at radius 1 is 1.40 bits per heavy atom. The quantitative estimate of drug-likeness (QED) is 0.713. The third-order valence-corrected chi connectivity index (χ3v) is 3.58. The molecule has 2 aliphatic heterocycles. The van der Waals surface area contributed by atoms with Crippen LogP contribution in [0.15, 0.2) is 23.5 Å². The van der Waals surface area contributed by atoms with Crippen LogP contribution < -0.4 is 5.32 Å². The van der Waals surface area contributed by atoms with Gasteiger partial charge in [-0.1, -0.05) is 13.0 Å². The van der Waals surface area contributed by atoms with E-state index < -0.39 is 0 Å². The molecule has 2 fully saturated rings. The monoisotopic (exact) mass is 207 g/mol. The molecule has 0 aromatic heterocycles. The molecule has 0 aromatic rings. The minimum atomic E-state index is 0.320. The predicted octanol–water partition coefficient (Wildman–Crippen LogP) is 2.63. The fraction of sp³-hybridized carbons (Fsp3) is 0.692. The molecule has 1 N–H and O–H groups in total. The highest BCUT2D eigenvalue weighted by molar-refractivity contribution is 5.37. The van der Waals surface area contributed by atoms with Gasteiger partial charge in [-0.2, -0.15) is 0 Å². The largest absolute Gasteiger partial charge is 0.493 e. The van der Waals surface area contributed by atoms with Crippen molar-refractivity contribution < 1.29 is 4.74 Å². The molecule has 0 atom stereocenters. The number of allylic oxidation sites excluding steroid dienone is 3. The van der Waals surface area contributed by atoms with Crippen LogP contribution in [0.5, 0.6) is 0 Å². The number of piperidine rings is 1. The van der Waals surface area contributed by atoms with E-state index in [0.717, 1.165) is 31.9 Å². The first-order valence-electron chi connectivity index (χ1n) is 6.03. The van der Waals surface area contributed by atoms with Crippen molar-refractivity contribution >= 4 is 0 Å². The summed E-state index contributed by atoms with van der Waals surface area (Å²) < 4.78 is 5.86. The molecule has 0 bridgehead atoms. The van der Waals surface area contributed by atoms with Crippen molar-refractivity contribution in [1.29, 1.82) is 0 Å². The first-order valence-corrected chi connectivity index (χ1v) is 6.03. The molecule has 0 amide bonds. The molecule has 0 aromatic carbocycles. The first-order chi connectivity index (χ1) is 7.32. The van der Waals surface area contributed by atoms with Gasteiger partial charge in [0.1, 0.15) is 5.76 Å². The van der Waals surface area contributed by atoms with E-state index >= 15 is 0 Å². The standard InChI is InChI=1S/C13H21NO/c1-3-5-12-11(4-2)13(10-15-12)6-8-14-9-7-13/h4-5,14H,3,6-10H2,1-2H3/b11-4+,12-5+. The summed E-state index contributed by atoms with van der Waals surface area (Å²) in [5.41, 5.74) is 1.77. The van der Waals surface area contributed by atoms with Crippen molar-refractivity contribution in [2.75, 3.05) is 19.7 Å². The van der Waals surface area contributed by atoms with Crippen LogP contribution in [0.1, 0.15) is 33.1 Å². The van der Waals surface area contributed by atoms with E-state index in [1.54, 1.807) is 0 Å². The zero-order valence-corrected chi connectivity index (χ0v) is 9.81. The Hall–Kier alpha value is -0.760. The number of nitrogens with one attached hydrogen (secondary N) is 1. The molecule has 0 saturated carbocycles. The summed E-state index contributed by atoms with van der Waals surface area (Å²) in [5.74, 6) is 1.14. The highest BCUT2D eigenvalue weighted by Crippen LogP contribution is 2.46. The normalized spacial score (nSPS) is 30.0. The van der Waals surface area contributed by atoms with E-state index in [4.69, 9.17) is 4.74 Å². The van der Waals surface area contributed by atoms with Gasteiger partial charge in [-0.15, -0.1) is 0 Å². The number of ether oxygens (including phenoxy) is 1. The lowest BCUT2D eigenvalue weighted by atomic mass is 9.74. The minimum absolute atomic E-state index is 0.320. The Morgan fingerprint density at radius 3 is 2.73 bits per heavy atom. The summed E-state index contributed by atoms with van der Waals surface area (Å²) >= 11 is 0. The van der Waals surface area contributed by atoms with Crippen LogP contribution in [0.2, 0.25) is 0 Å². The van der Waals surface area contributed by atoms with E-state index in [1.165, 1.54) is 18.4 Å². The zero-order chi connectivity index (χ0) is 10.7. The van der Waals surface area contributed by atoms with E-state index in [-0.39, 0.29) is 0 Å². The summed E-state index contributed by atoms with van der Waals surface area (Å²) in [6.07, 6.45) is 7.95. The SMILES string of the molecule is C/C=C1\C(=C/CC)OCC12CCNCC2. The topological polar surface area (TPSA) is 21.3 Å². The number of hydrogen-bond donors (Lipinski definition) is 1. The van der Waals surface area contributed by atoms with Gasteiger partial charge in [-0.25, -0.2) is 0 Å². The van der Waals surface area contributed by atoms with Gasteiger partial charge in [0, 0.05) is 5.41 Å². The maximum Gasteiger partial charge on any atom is 0.118 e. The molecular formula is C13H21NO. The fourth-order valence-electron chi connectivity index (χ4n) is 2.75. The lowest BCUT2D eigenvalue weighted by Crippen LogP contribution is -2.38. The molecule has 0 radical (unpaired) electrons. The van der Waals surface area contributed by atoms with Crippen LogP contribution in [0.4, 0.5) is 0 Å². The second-order valence-corrected chi connectivity index (χ2v) is 4.50. The Kier molecular flexibility index (Phi) is 3.15. The molecule has 2 saturated heterocycles. The average molecular weight is 207 g/mol. The Bertz CT molecular complexity index is 285. The Labute approximate surface area is 92.4 Å². The number of hydrogen-bond acceptors (Lipinski definition) is 2. The van der Waals surface area contributed by atoms with E-state index in [9.17, 15) is 0 Å². The van der Waals surface area contributed by atoms with Gasteiger partial charge in [-0.05, 0) is 50.9 Å². The van der Waals surface area contributed by atoms with Crippen molar-refractivity contribution in [3.8, 4) is 0 Å². The van der Waals surface area contributed by atoms with Crippen LogP contribution in [0.25, 0.3) is 0 Å². The molecular weight excluding hydrogens is 186 g/mol. The van der Waals surface area contributed by atoms with Gasteiger partial charge in [0.2, 0.25) is 0 Å². The summed E-state index contributed by atoms with van der Waals surface area (Å²) in [4.78, 5) is 0. The maximum absolute atomic E-state index is 5.86. The molecule has 1 spiro atoms. The van der Waals surface area contributed by atoms with Gasteiger partial charge < -0.3 is 10.1 Å².